The van der Waals surface area contributed by atoms with E-state index in [0.29, 0.717) is 0 Å². The predicted octanol–water partition coefficient (Wildman–Crippen LogP) is 7.21. The van der Waals surface area contributed by atoms with E-state index in [1.165, 1.54) is 68.9 Å². The van der Waals surface area contributed by atoms with Crippen LogP contribution in [0.15, 0.2) is 42.5 Å². The lowest BCUT2D eigenvalue weighted by Gasteiger charge is -2.25. The SMILES string of the molecule is CCCCCc1ccc(C=CC#CC=C[C@H]2CC[C@H](CC)CC2)cc1. The highest BCUT2D eigenvalue weighted by atomic mass is 14.2. The first-order valence-corrected chi connectivity index (χ1v) is 10.2. The number of hydrogen-bond donors (Lipinski definition) is 0. The first kappa shape index (κ1) is 19.6. The molecular formula is C25H34. The number of aryl methyl sites for hydroxylation is 1. The van der Waals surface area contributed by atoms with Crippen LogP contribution < -0.4 is 0 Å². The molecule has 1 fully saturated rings. The normalized spacial score (nSPS) is 20.7. The molecule has 0 amide bonds. The maximum atomic E-state index is 3.16. The van der Waals surface area contributed by atoms with Crippen LogP contribution in [0.1, 0.15) is 76.3 Å². The van der Waals surface area contributed by atoms with Crippen LogP contribution in [0.2, 0.25) is 0 Å². The Balaban J connectivity index is 1.72. The van der Waals surface area contributed by atoms with Crippen molar-refractivity contribution in [2.45, 2.75) is 71.6 Å². The second kappa shape index (κ2) is 11.8. The fourth-order valence-corrected chi connectivity index (χ4v) is 3.58. The van der Waals surface area contributed by atoms with E-state index in [0.717, 1.165) is 11.8 Å². The van der Waals surface area contributed by atoms with Crippen molar-refractivity contribution >= 4 is 6.08 Å². The van der Waals surface area contributed by atoms with Crippen LogP contribution in [0.3, 0.4) is 0 Å². The highest BCUT2D eigenvalue weighted by Crippen LogP contribution is 2.31. The zero-order valence-electron chi connectivity index (χ0n) is 16.1. The summed E-state index contributed by atoms with van der Waals surface area (Å²) in [5.74, 6) is 8.01. The van der Waals surface area contributed by atoms with E-state index in [1.807, 2.05) is 6.08 Å². The van der Waals surface area contributed by atoms with E-state index < -0.39 is 0 Å². The van der Waals surface area contributed by atoms with Gasteiger partial charge in [-0.3, -0.25) is 0 Å². The summed E-state index contributed by atoms with van der Waals surface area (Å²) in [4.78, 5) is 0. The molecule has 0 heteroatoms. The Morgan fingerprint density at radius 2 is 1.64 bits per heavy atom. The third-order valence-corrected chi connectivity index (χ3v) is 5.41. The molecule has 0 N–H and O–H groups in total. The molecule has 1 aliphatic rings. The lowest BCUT2D eigenvalue weighted by atomic mass is 9.81. The second-order valence-corrected chi connectivity index (χ2v) is 7.37. The van der Waals surface area contributed by atoms with Crippen LogP contribution >= 0.6 is 0 Å². The minimum absolute atomic E-state index is 0.751. The minimum atomic E-state index is 0.751. The molecule has 0 radical (unpaired) electrons. The molecule has 0 aromatic heterocycles. The van der Waals surface area contributed by atoms with Gasteiger partial charge in [0.1, 0.15) is 0 Å². The Bertz CT molecular complexity index is 583. The summed E-state index contributed by atoms with van der Waals surface area (Å²) in [6.45, 7) is 4.57. The summed E-state index contributed by atoms with van der Waals surface area (Å²) in [6.07, 6.45) is 20.4. The topological polar surface area (TPSA) is 0 Å². The average molecular weight is 335 g/mol. The average Bonchev–Trinajstić information content (AvgIpc) is 2.66. The molecule has 0 aliphatic heterocycles. The van der Waals surface area contributed by atoms with Gasteiger partial charge in [-0.15, -0.1) is 0 Å². The molecule has 0 heterocycles. The van der Waals surface area contributed by atoms with Gasteiger partial charge in [-0.1, -0.05) is 75.3 Å². The van der Waals surface area contributed by atoms with Crippen molar-refractivity contribution in [3.63, 3.8) is 0 Å². The van der Waals surface area contributed by atoms with Crippen LogP contribution in [0.4, 0.5) is 0 Å². The van der Waals surface area contributed by atoms with Crippen molar-refractivity contribution in [2.24, 2.45) is 11.8 Å². The number of benzene rings is 1. The summed E-state index contributed by atoms with van der Waals surface area (Å²) < 4.78 is 0. The van der Waals surface area contributed by atoms with E-state index >= 15 is 0 Å². The van der Waals surface area contributed by atoms with Gasteiger partial charge in [-0.25, -0.2) is 0 Å². The van der Waals surface area contributed by atoms with Crippen LogP contribution in [-0.4, -0.2) is 0 Å². The lowest BCUT2D eigenvalue weighted by molar-refractivity contribution is 0.304. The molecule has 0 atom stereocenters. The van der Waals surface area contributed by atoms with Crippen LogP contribution in [0.5, 0.6) is 0 Å². The van der Waals surface area contributed by atoms with E-state index in [1.54, 1.807) is 0 Å². The van der Waals surface area contributed by atoms with Gasteiger partial charge in [0.25, 0.3) is 0 Å². The molecule has 0 nitrogen and oxygen atoms in total. The van der Waals surface area contributed by atoms with E-state index in [9.17, 15) is 0 Å². The molecule has 0 unspecified atom stereocenters. The van der Waals surface area contributed by atoms with Gasteiger partial charge in [0.15, 0.2) is 0 Å². The molecular weight excluding hydrogens is 300 g/mol. The fourth-order valence-electron chi connectivity index (χ4n) is 3.58. The lowest BCUT2D eigenvalue weighted by Crippen LogP contribution is -2.11. The van der Waals surface area contributed by atoms with Crippen molar-refractivity contribution in [2.75, 3.05) is 0 Å². The number of unbranched alkanes of at least 4 members (excludes halogenated alkanes) is 2. The highest BCUT2D eigenvalue weighted by Gasteiger charge is 2.17. The first-order chi connectivity index (χ1) is 12.3. The summed E-state index contributed by atoms with van der Waals surface area (Å²) in [5.41, 5.74) is 2.67. The minimum Gasteiger partial charge on any atom is -0.0730 e. The van der Waals surface area contributed by atoms with Crippen molar-refractivity contribution in [3.05, 3.63) is 53.6 Å². The third-order valence-electron chi connectivity index (χ3n) is 5.41. The quantitative estimate of drug-likeness (QED) is 0.365. The van der Waals surface area contributed by atoms with Crippen LogP contribution in [-0.2, 0) is 6.42 Å². The molecule has 0 bridgehead atoms. The fraction of sp³-hybridized carbons (Fsp3) is 0.520. The van der Waals surface area contributed by atoms with E-state index in [2.05, 4.69) is 68.2 Å². The maximum Gasteiger partial charge on any atom is -0.0109 e. The zero-order chi connectivity index (χ0) is 17.7. The van der Waals surface area contributed by atoms with Crippen molar-refractivity contribution in [1.82, 2.24) is 0 Å². The number of hydrogen-bond acceptors (Lipinski definition) is 0. The summed E-state index contributed by atoms with van der Waals surface area (Å²) >= 11 is 0. The molecule has 0 saturated heterocycles. The largest absolute Gasteiger partial charge is 0.0730 e. The summed E-state index contributed by atoms with van der Waals surface area (Å²) in [6, 6.07) is 8.88. The summed E-state index contributed by atoms with van der Waals surface area (Å²) in [7, 11) is 0. The predicted molar refractivity (Wildman–Crippen MR) is 111 cm³/mol. The molecule has 1 aromatic carbocycles. The Morgan fingerprint density at radius 3 is 2.32 bits per heavy atom. The Hall–Kier alpha value is -1.74. The van der Waals surface area contributed by atoms with Gasteiger partial charge in [0.2, 0.25) is 0 Å². The highest BCUT2D eigenvalue weighted by molar-refractivity contribution is 5.53. The van der Waals surface area contributed by atoms with E-state index in [-0.39, 0.29) is 0 Å². The molecule has 0 spiro atoms. The van der Waals surface area contributed by atoms with Crippen molar-refractivity contribution in [1.29, 1.82) is 0 Å². The smallest absolute Gasteiger partial charge is 0.0109 e. The van der Waals surface area contributed by atoms with Gasteiger partial charge in [0.05, 0.1) is 0 Å². The Kier molecular flexibility index (Phi) is 9.21. The molecule has 2 rings (SSSR count). The Labute approximate surface area is 155 Å². The zero-order valence-corrected chi connectivity index (χ0v) is 16.1. The number of allylic oxidation sites excluding steroid dienone is 3. The van der Waals surface area contributed by atoms with Crippen molar-refractivity contribution in [3.8, 4) is 11.8 Å². The second-order valence-electron chi connectivity index (χ2n) is 7.37. The molecule has 134 valence electrons. The first-order valence-electron chi connectivity index (χ1n) is 10.2. The van der Waals surface area contributed by atoms with Crippen LogP contribution in [0.25, 0.3) is 6.08 Å². The number of rotatable bonds is 7. The van der Waals surface area contributed by atoms with Gasteiger partial charge in [-0.2, -0.15) is 0 Å². The van der Waals surface area contributed by atoms with Gasteiger partial charge in [-0.05, 0) is 79.7 Å². The van der Waals surface area contributed by atoms with E-state index in [4.69, 9.17) is 0 Å². The standard InChI is InChI=1S/C25H34/c1-3-5-8-11-23-18-20-25(21-19-23)13-10-7-6-9-12-24-16-14-22(4-2)15-17-24/h9-10,12-13,18-22,24H,3-5,8,11,14-17H2,1-2H3/t22-,24-. The molecule has 1 saturated carbocycles. The van der Waals surface area contributed by atoms with Gasteiger partial charge < -0.3 is 0 Å². The Morgan fingerprint density at radius 1 is 0.920 bits per heavy atom. The van der Waals surface area contributed by atoms with Crippen molar-refractivity contribution < 1.29 is 0 Å². The third kappa shape index (κ3) is 7.78. The summed E-state index contributed by atoms with van der Waals surface area (Å²) in [5, 5.41) is 0. The molecule has 25 heavy (non-hydrogen) atoms. The van der Waals surface area contributed by atoms with Gasteiger partial charge >= 0.3 is 0 Å². The monoisotopic (exact) mass is 334 g/mol. The maximum absolute atomic E-state index is 3.16. The van der Waals surface area contributed by atoms with Gasteiger partial charge in [0, 0.05) is 0 Å². The molecule has 1 aromatic rings. The molecule has 1 aliphatic carbocycles. The van der Waals surface area contributed by atoms with Crippen LogP contribution in [0, 0.1) is 23.7 Å².